The summed E-state index contributed by atoms with van der Waals surface area (Å²) < 4.78 is 15.8. The molecule has 4 heterocycles. The van der Waals surface area contributed by atoms with Crippen molar-refractivity contribution in [3.63, 3.8) is 0 Å². The first-order valence-electron chi connectivity index (χ1n) is 18.4. The maximum atomic E-state index is 13.6. The van der Waals surface area contributed by atoms with E-state index in [1.54, 1.807) is 16.7 Å². The second kappa shape index (κ2) is 14.7. The van der Waals surface area contributed by atoms with Crippen LogP contribution in [-0.2, 0) is 19.0 Å². The van der Waals surface area contributed by atoms with Crippen LogP contribution in [0.25, 0.3) is 27.6 Å². The zero-order valence-electron chi connectivity index (χ0n) is 31.2. The van der Waals surface area contributed by atoms with E-state index in [0.29, 0.717) is 18.9 Å². The molecule has 3 amide bonds. The zero-order valence-corrected chi connectivity index (χ0v) is 31.2. The third-order valence-corrected chi connectivity index (χ3v) is 10.5. The number of aromatic nitrogens is 2. The number of allylic oxidation sites excluding steroid dienone is 2. The Labute approximate surface area is 309 Å². The summed E-state index contributed by atoms with van der Waals surface area (Å²) in [7, 11) is 2.77. The molecule has 2 unspecified atom stereocenters. The molecule has 13 heteroatoms. The number of H-pyrrole nitrogens is 1. The molecule has 4 aliphatic rings. The predicted octanol–water partition coefficient (Wildman–Crippen LogP) is 5.74. The number of hydrogen-bond donors (Lipinski definition) is 3. The third kappa shape index (κ3) is 7.53. The van der Waals surface area contributed by atoms with Gasteiger partial charge in [0.1, 0.15) is 23.3 Å². The number of imidazole rings is 1. The number of nitrogens with zero attached hydrogens (tertiary/aromatic N) is 4. The predicted molar refractivity (Wildman–Crippen MR) is 202 cm³/mol. The van der Waals surface area contributed by atoms with Gasteiger partial charge in [0.05, 0.1) is 49.3 Å². The summed E-state index contributed by atoms with van der Waals surface area (Å²) in [4.78, 5) is 55.3. The number of methoxy groups -OCH3 is 2. The van der Waals surface area contributed by atoms with E-state index in [9.17, 15) is 14.4 Å². The van der Waals surface area contributed by atoms with Crippen molar-refractivity contribution in [3.8, 4) is 11.3 Å². The van der Waals surface area contributed by atoms with Crippen LogP contribution in [0, 0.1) is 0 Å². The molecule has 3 aromatic rings. The van der Waals surface area contributed by atoms with Gasteiger partial charge in [0, 0.05) is 25.8 Å². The Hall–Kier alpha value is -5.17. The van der Waals surface area contributed by atoms with Gasteiger partial charge in [-0.3, -0.25) is 14.7 Å². The number of aromatic amines is 1. The van der Waals surface area contributed by atoms with E-state index in [2.05, 4.69) is 70.2 Å². The molecular weight excluding hydrogens is 674 g/mol. The van der Waals surface area contributed by atoms with Crippen molar-refractivity contribution in [2.24, 2.45) is 4.99 Å². The number of alkyl carbamates (subject to hydrolysis) is 1. The van der Waals surface area contributed by atoms with Crippen LogP contribution in [0.15, 0.2) is 65.8 Å². The number of likely N-dealkylation sites (tertiary alicyclic amines) is 2. The van der Waals surface area contributed by atoms with E-state index >= 15 is 0 Å². The fraction of sp³-hybridized carbons (Fsp3) is 0.475. The molecule has 3 N–H and O–H groups in total. The SMILES string of the molecule is COC(=O)N[C@H](C(=O)N1CCC[C@H]1c1ncc(-c2ccc3cc(C4=CC5NC([C@@H]6CCCN6C(=O)OC(C)(C)C)=NC5C=C4)ccc3c2)[nH]1)[C@@H](C)OC. The Morgan fingerprint density at radius 2 is 1.66 bits per heavy atom. The molecule has 0 radical (unpaired) electrons. The van der Waals surface area contributed by atoms with Crippen LogP contribution >= 0.6 is 0 Å². The van der Waals surface area contributed by atoms with Gasteiger partial charge in [0.2, 0.25) is 5.91 Å². The number of ether oxygens (including phenoxy) is 3. The Morgan fingerprint density at radius 1 is 0.962 bits per heavy atom. The second-order valence-corrected chi connectivity index (χ2v) is 15.2. The monoisotopic (exact) mass is 723 g/mol. The molecule has 280 valence electrons. The lowest BCUT2D eigenvalue weighted by Crippen LogP contribution is -2.54. The van der Waals surface area contributed by atoms with Gasteiger partial charge in [-0.1, -0.05) is 42.5 Å². The zero-order chi connectivity index (χ0) is 37.4. The van der Waals surface area contributed by atoms with Crippen molar-refractivity contribution in [1.82, 2.24) is 30.4 Å². The minimum atomic E-state index is -0.886. The first-order chi connectivity index (χ1) is 25.4. The van der Waals surface area contributed by atoms with Gasteiger partial charge in [0.25, 0.3) is 0 Å². The highest BCUT2D eigenvalue weighted by atomic mass is 16.6. The minimum Gasteiger partial charge on any atom is -0.453 e. The third-order valence-electron chi connectivity index (χ3n) is 10.5. The van der Waals surface area contributed by atoms with Gasteiger partial charge >= 0.3 is 12.2 Å². The molecule has 2 aromatic carbocycles. The number of amidine groups is 1. The topological polar surface area (TPSA) is 150 Å². The molecular formula is C40H49N7O6. The van der Waals surface area contributed by atoms with E-state index in [1.165, 1.54) is 14.2 Å². The van der Waals surface area contributed by atoms with Crippen molar-refractivity contribution in [2.75, 3.05) is 27.3 Å². The highest BCUT2D eigenvalue weighted by molar-refractivity contribution is 5.95. The minimum absolute atomic E-state index is 0.0153. The lowest BCUT2D eigenvalue weighted by molar-refractivity contribution is -0.137. The highest BCUT2D eigenvalue weighted by Gasteiger charge is 2.40. The van der Waals surface area contributed by atoms with Crippen LogP contribution in [0.3, 0.4) is 0 Å². The molecule has 0 saturated carbocycles. The lowest BCUT2D eigenvalue weighted by atomic mass is 9.93. The Morgan fingerprint density at radius 3 is 2.38 bits per heavy atom. The molecule has 3 aliphatic heterocycles. The summed E-state index contributed by atoms with van der Waals surface area (Å²) in [6, 6.07) is 11.6. The number of hydrogen-bond acceptors (Lipinski definition) is 9. The number of amides is 3. The van der Waals surface area contributed by atoms with Gasteiger partial charge in [-0.25, -0.2) is 14.6 Å². The fourth-order valence-corrected chi connectivity index (χ4v) is 7.69. The number of carbonyl (C=O) groups excluding carboxylic acids is 3. The second-order valence-electron chi connectivity index (χ2n) is 15.2. The van der Waals surface area contributed by atoms with Crippen molar-refractivity contribution in [2.45, 2.75) is 95.3 Å². The number of benzene rings is 2. The van der Waals surface area contributed by atoms with Crippen LogP contribution in [-0.4, -0.2) is 107 Å². The number of aliphatic imine (C=N–C) groups is 1. The molecule has 2 saturated heterocycles. The Balaban J connectivity index is 1.03. The largest absolute Gasteiger partial charge is 0.453 e. The molecule has 13 nitrogen and oxygen atoms in total. The first kappa shape index (κ1) is 36.2. The van der Waals surface area contributed by atoms with Crippen molar-refractivity contribution in [1.29, 1.82) is 0 Å². The molecule has 7 rings (SSSR count). The van der Waals surface area contributed by atoms with Crippen LogP contribution in [0.4, 0.5) is 9.59 Å². The van der Waals surface area contributed by atoms with E-state index in [-0.39, 0.29) is 36.2 Å². The van der Waals surface area contributed by atoms with Gasteiger partial charge in [0.15, 0.2) is 0 Å². The van der Waals surface area contributed by atoms with Gasteiger partial charge < -0.3 is 34.7 Å². The number of nitrogens with one attached hydrogen (secondary N) is 3. The standard InChI is InChI=1S/C40H49N7O6/c1-23(51-5)34(45-38(49)52-6)37(48)46-17-7-9-32(46)35-41-22-31(44-35)28-14-13-24-19-25(11-12-26(24)20-28)27-15-16-29-30(21-27)43-36(42-29)33-10-8-18-47(33)39(50)53-40(2,3)4/h11-16,19-23,29-30,32-34H,7-10,17-18H2,1-6H3,(H,41,44)(H,42,43)(H,45,49)/t23-,29?,30?,32+,33+,34+/m1/s1. The van der Waals surface area contributed by atoms with Crippen molar-refractivity contribution in [3.05, 3.63) is 72.2 Å². The average molecular weight is 724 g/mol. The highest BCUT2D eigenvalue weighted by Crippen LogP contribution is 2.34. The summed E-state index contributed by atoms with van der Waals surface area (Å²) >= 11 is 0. The normalized spacial score (nSPS) is 23.6. The smallest absolute Gasteiger partial charge is 0.410 e. The quantitative estimate of drug-likeness (QED) is 0.266. The van der Waals surface area contributed by atoms with Crippen LogP contribution in [0.2, 0.25) is 0 Å². The summed E-state index contributed by atoms with van der Waals surface area (Å²) in [6.45, 7) is 8.63. The van der Waals surface area contributed by atoms with Crippen LogP contribution in [0.5, 0.6) is 0 Å². The molecule has 0 spiro atoms. The van der Waals surface area contributed by atoms with Gasteiger partial charge in [-0.15, -0.1) is 0 Å². The van der Waals surface area contributed by atoms with Gasteiger partial charge in [-0.2, -0.15) is 0 Å². The fourth-order valence-electron chi connectivity index (χ4n) is 7.69. The molecule has 0 bridgehead atoms. The number of fused-ring (bicyclic) bond motifs is 2. The summed E-state index contributed by atoms with van der Waals surface area (Å²) in [6.07, 6.45) is 10.2. The van der Waals surface area contributed by atoms with E-state index in [4.69, 9.17) is 24.2 Å². The molecule has 53 heavy (non-hydrogen) atoms. The van der Waals surface area contributed by atoms with Crippen molar-refractivity contribution < 1.29 is 28.6 Å². The van der Waals surface area contributed by atoms with Crippen LogP contribution in [0.1, 0.15) is 70.8 Å². The Kier molecular flexibility index (Phi) is 10.0. The van der Waals surface area contributed by atoms with Crippen molar-refractivity contribution >= 4 is 40.3 Å². The molecule has 2 fully saturated rings. The summed E-state index contributed by atoms with van der Waals surface area (Å²) in [5, 5.41) is 8.45. The molecule has 1 aliphatic carbocycles. The number of carbonyl (C=O) groups is 3. The maximum absolute atomic E-state index is 13.6. The average Bonchev–Trinajstić information content (AvgIpc) is 3.97. The van der Waals surface area contributed by atoms with E-state index in [1.807, 2.05) is 27.0 Å². The van der Waals surface area contributed by atoms with E-state index < -0.39 is 23.8 Å². The number of rotatable bonds is 8. The lowest BCUT2D eigenvalue weighted by Gasteiger charge is -2.30. The van der Waals surface area contributed by atoms with Crippen LogP contribution < -0.4 is 10.6 Å². The molecule has 1 aromatic heterocycles. The summed E-state index contributed by atoms with van der Waals surface area (Å²) in [5.41, 5.74) is 3.54. The van der Waals surface area contributed by atoms with Gasteiger partial charge in [-0.05, 0) is 87.4 Å². The van der Waals surface area contributed by atoms with E-state index in [0.717, 1.165) is 64.7 Å². The Bertz CT molecular complexity index is 1980. The maximum Gasteiger partial charge on any atom is 0.410 e. The first-order valence-corrected chi connectivity index (χ1v) is 18.4. The summed E-state index contributed by atoms with van der Waals surface area (Å²) in [5.74, 6) is 1.32. The molecule has 6 atom stereocenters.